The van der Waals surface area contributed by atoms with E-state index in [4.69, 9.17) is 4.42 Å². The zero-order valence-corrected chi connectivity index (χ0v) is 21.9. The van der Waals surface area contributed by atoms with Gasteiger partial charge < -0.3 is 19.5 Å². The van der Waals surface area contributed by atoms with Gasteiger partial charge in [-0.25, -0.2) is 9.37 Å². The number of anilines is 2. The molecule has 0 spiro atoms. The van der Waals surface area contributed by atoms with Crippen molar-refractivity contribution in [1.82, 2.24) is 14.9 Å². The van der Waals surface area contributed by atoms with Crippen LogP contribution in [0.4, 0.5) is 29.4 Å². The maximum Gasteiger partial charge on any atom is 0.437 e. The van der Waals surface area contributed by atoms with Gasteiger partial charge in [-0.3, -0.25) is 9.59 Å². The Balaban J connectivity index is 1.21. The maximum atomic E-state index is 14.0. The quantitative estimate of drug-likeness (QED) is 0.314. The fourth-order valence-corrected chi connectivity index (χ4v) is 5.15. The molecular formula is C28H29F4N5O3. The molecule has 1 aromatic carbocycles. The Bertz CT molecular complexity index is 1380. The number of nitrogens with zero attached hydrogens (tertiary/aromatic N) is 4. The van der Waals surface area contributed by atoms with Gasteiger partial charge in [0.15, 0.2) is 5.69 Å². The van der Waals surface area contributed by atoms with Crippen molar-refractivity contribution < 1.29 is 31.6 Å². The van der Waals surface area contributed by atoms with Crippen molar-refractivity contribution in [1.29, 1.82) is 0 Å². The summed E-state index contributed by atoms with van der Waals surface area (Å²) in [6.07, 6.45) is -1.35. The lowest BCUT2D eigenvalue weighted by Gasteiger charge is -2.29. The number of benzene rings is 1. The van der Waals surface area contributed by atoms with E-state index in [0.717, 1.165) is 12.8 Å². The molecule has 1 amide bonds. The molecule has 212 valence electrons. The van der Waals surface area contributed by atoms with Crippen molar-refractivity contribution in [2.45, 2.75) is 44.8 Å². The van der Waals surface area contributed by atoms with Crippen molar-refractivity contribution >= 4 is 23.5 Å². The lowest BCUT2D eigenvalue weighted by atomic mass is 10.0. The molecule has 1 N–H and O–H groups in total. The van der Waals surface area contributed by atoms with Crippen LogP contribution in [0.1, 0.15) is 58.4 Å². The number of Topliss-reactive ketones (excluding diaryl/α,β-unsaturated/α-hetero) is 1. The number of carbonyl (C=O) groups is 2. The molecule has 0 saturated carbocycles. The lowest BCUT2D eigenvalue weighted by Crippen LogP contribution is -2.34. The third-order valence-corrected chi connectivity index (χ3v) is 7.19. The highest BCUT2D eigenvalue weighted by molar-refractivity contribution is 5.96. The first kappa shape index (κ1) is 27.6. The number of pyridine rings is 1. The van der Waals surface area contributed by atoms with Gasteiger partial charge in [-0.05, 0) is 48.9 Å². The van der Waals surface area contributed by atoms with Gasteiger partial charge in [-0.2, -0.15) is 18.2 Å². The van der Waals surface area contributed by atoms with E-state index in [1.54, 1.807) is 28.0 Å². The Morgan fingerprint density at radius 3 is 2.60 bits per heavy atom. The molecule has 8 nitrogen and oxygen atoms in total. The summed E-state index contributed by atoms with van der Waals surface area (Å²) in [6.45, 7) is 3.85. The minimum absolute atomic E-state index is 0.0216. The first-order valence-corrected chi connectivity index (χ1v) is 13.2. The number of rotatable bonds is 7. The SMILES string of the molecule is CC1CCCN(c2nc(C(F)(F)F)c(C(=O)Cc3ccc(N[C@H]4CCN(C(=O)c5ccccc5F)C4)nc3)o2)C1. The van der Waals surface area contributed by atoms with E-state index in [1.165, 1.54) is 24.4 Å². The van der Waals surface area contributed by atoms with Gasteiger partial charge in [0, 0.05) is 44.8 Å². The number of likely N-dealkylation sites (tertiary alicyclic amines) is 1. The van der Waals surface area contributed by atoms with Crippen LogP contribution in [0, 0.1) is 11.7 Å². The number of hydrogen-bond acceptors (Lipinski definition) is 7. The van der Waals surface area contributed by atoms with Gasteiger partial charge in [-0.1, -0.05) is 25.1 Å². The molecule has 2 aliphatic heterocycles. The minimum Gasteiger partial charge on any atom is -0.420 e. The number of nitrogens with one attached hydrogen (secondary N) is 1. The van der Waals surface area contributed by atoms with Crippen LogP contribution in [0.2, 0.25) is 0 Å². The Labute approximate surface area is 228 Å². The van der Waals surface area contributed by atoms with Crippen LogP contribution in [0.5, 0.6) is 0 Å². The highest BCUT2D eigenvalue weighted by Crippen LogP contribution is 2.35. The predicted molar refractivity (Wildman–Crippen MR) is 139 cm³/mol. The van der Waals surface area contributed by atoms with E-state index >= 15 is 0 Å². The normalized spacial score (nSPS) is 19.6. The smallest absolute Gasteiger partial charge is 0.420 e. The number of amides is 1. The molecule has 3 aromatic rings. The molecule has 2 aliphatic rings. The maximum absolute atomic E-state index is 14.0. The number of hydrogen-bond donors (Lipinski definition) is 1. The van der Waals surface area contributed by atoms with E-state index in [9.17, 15) is 27.2 Å². The molecule has 2 saturated heterocycles. The summed E-state index contributed by atoms with van der Waals surface area (Å²) in [4.78, 5) is 36.7. The molecule has 5 rings (SSSR count). The van der Waals surface area contributed by atoms with Gasteiger partial charge in [0.1, 0.15) is 11.6 Å². The Kier molecular flexibility index (Phi) is 7.77. The summed E-state index contributed by atoms with van der Waals surface area (Å²) < 4.78 is 60.5. The summed E-state index contributed by atoms with van der Waals surface area (Å²) in [5, 5.41) is 3.21. The topological polar surface area (TPSA) is 91.6 Å². The van der Waals surface area contributed by atoms with E-state index in [0.29, 0.717) is 44.0 Å². The van der Waals surface area contributed by atoms with Crippen LogP contribution < -0.4 is 10.2 Å². The van der Waals surface area contributed by atoms with Crippen molar-refractivity contribution in [2.24, 2.45) is 5.92 Å². The molecule has 2 aromatic heterocycles. The molecule has 0 aliphatic carbocycles. The van der Waals surface area contributed by atoms with E-state index in [1.807, 2.05) is 6.92 Å². The summed E-state index contributed by atoms with van der Waals surface area (Å²) in [6, 6.07) is 8.75. The first-order chi connectivity index (χ1) is 19.1. The Hall–Kier alpha value is -3.96. The van der Waals surface area contributed by atoms with Gasteiger partial charge in [0.05, 0.1) is 5.56 Å². The van der Waals surface area contributed by atoms with Gasteiger partial charge in [0.2, 0.25) is 11.5 Å². The summed E-state index contributed by atoms with van der Waals surface area (Å²) in [5.41, 5.74) is -0.878. The molecule has 0 radical (unpaired) electrons. The van der Waals surface area contributed by atoms with Crippen molar-refractivity contribution in [3.05, 3.63) is 71.0 Å². The fourth-order valence-electron chi connectivity index (χ4n) is 5.15. The molecule has 4 heterocycles. The van der Waals surface area contributed by atoms with Gasteiger partial charge in [-0.15, -0.1) is 0 Å². The molecule has 2 fully saturated rings. The average molecular weight is 560 g/mol. The van der Waals surface area contributed by atoms with Gasteiger partial charge >= 0.3 is 6.18 Å². The average Bonchev–Trinajstić information content (AvgIpc) is 3.58. The number of carbonyl (C=O) groups excluding carboxylic acids is 2. The van der Waals surface area contributed by atoms with Crippen molar-refractivity contribution in [3.8, 4) is 0 Å². The van der Waals surface area contributed by atoms with Crippen LogP contribution >= 0.6 is 0 Å². The molecule has 0 bridgehead atoms. The highest BCUT2D eigenvalue weighted by Gasteiger charge is 2.42. The monoisotopic (exact) mass is 559 g/mol. The van der Waals surface area contributed by atoms with Crippen molar-refractivity contribution in [2.75, 3.05) is 36.4 Å². The second-order valence-corrected chi connectivity index (χ2v) is 10.4. The van der Waals surface area contributed by atoms with Crippen LogP contribution in [0.15, 0.2) is 47.0 Å². The van der Waals surface area contributed by atoms with Crippen LogP contribution in [-0.2, 0) is 12.6 Å². The van der Waals surface area contributed by atoms with E-state index < -0.39 is 29.2 Å². The second-order valence-electron chi connectivity index (χ2n) is 10.4. The zero-order chi connectivity index (χ0) is 28.4. The van der Waals surface area contributed by atoms with Crippen LogP contribution in [0.3, 0.4) is 0 Å². The van der Waals surface area contributed by atoms with E-state index in [-0.39, 0.29) is 35.9 Å². The number of halogens is 4. The largest absolute Gasteiger partial charge is 0.437 e. The predicted octanol–water partition coefficient (Wildman–Crippen LogP) is 5.22. The fraction of sp³-hybridized carbons (Fsp3) is 0.429. The van der Waals surface area contributed by atoms with E-state index in [2.05, 4.69) is 15.3 Å². The molecule has 2 atom stereocenters. The van der Waals surface area contributed by atoms with Gasteiger partial charge in [0.25, 0.3) is 11.9 Å². The Morgan fingerprint density at radius 1 is 1.10 bits per heavy atom. The minimum atomic E-state index is -4.83. The highest BCUT2D eigenvalue weighted by atomic mass is 19.4. The zero-order valence-electron chi connectivity index (χ0n) is 21.9. The number of oxazole rings is 1. The van der Waals surface area contributed by atoms with Crippen LogP contribution in [0.25, 0.3) is 0 Å². The lowest BCUT2D eigenvalue weighted by molar-refractivity contribution is -0.141. The standard InChI is InChI=1S/C28H29F4N5O3/c1-17-5-4-11-37(15-17)27-35-25(28(30,31)32)24(40-27)22(38)13-18-8-9-23(33-14-18)34-19-10-12-36(16-19)26(39)20-6-2-3-7-21(20)29/h2-3,6-9,14,17,19H,4-5,10-13,15-16H2,1H3,(H,33,34)/t17?,19-/m0/s1. The number of aromatic nitrogens is 2. The number of alkyl halides is 3. The summed E-state index contributed by atoms with van der Waals surface area (Å²) in [7, 11) is 0. The van der Waals surface area contributed by atoms with Crippen molar-refractivity contribution in [3.63, 3.8) is 0 Å². The number of ketones is 1. The summed E-state index contributed by atoms with van der Waals surface area (Å²) in [5.74, 6) is -1.82. The third kappa shape index (κ3) is 6.10. The summed E-state index contributed by atoms with van der Waals surface area (Å²) >= 11 is 0. The first-order valence-electron chi connectivity index (χ1n) is 13.2. The number of piperidine rings is 1. The third-order valence-electron chi connectivity index (χ3n) is 7.19. The second kappa shape index (κ2) is 11.3. The Morgan fingerprint density at radius 2 is 1.90 bits per heavy atom. The van der Waals surface area contributed by atoms with Crippen LogP contribution in [-0.4, -0.2) is 58.8 Å². The molecular weight excluding hydrogens is 530 g/mol. The molecule has 12 heteroatoms. The molecule has 40 heavy (non-hydrogen) atoms. The molecule has 1 unspecified atom stereocenters.